The van der Waals surface area contributed by atoms with Gasteiger partial charge in [0.2, 0.25) is 5.91 Å². The smallest absolute Gasteiger partial charge is 0.238 e. The van der Waals surface area contributed by atoms with Crippen molar-refractivity contribution in [1.82, 2.24) is 5.32 Å². The molecule has 1 atom stereocenters. The van der Waals surface area contributed by atoms with Gasteiger partial charge in [0.25, 0.3) is 0 Å². The molecule has 1 amide bonds. The number of hydrogen-bond acceptors (Lipinski definition) is 3. The SMILES string of the molecule is C#CCC(N)C(=O)NC1(C)CCOCC1. The Hall–Kier alpha value is -1.05. The van der Waals surface area contributed by atoms with E-state index in [-0.39, 0.29) is 17.9 Å². The van der Waals surface area contributed by atoms with Gasteiger partial charge in [0.05, 0.1) is 6.04 Å². The summed E-state index contributed by atoms with van der Waals surface area (Å²) < 4.78 is 5.24. The molecule has 3 N–H and O–H groups in total. The molecule has 1 saturated heterocycles. The second-order valence-corrected chi connectivity index (χ2v) is 4.18. The van der Waals surface area contributed by atoms with Crippen LogP contribution in [0.1, 0.15) is 26.2 Å². The van der Waals surface area contributed by atoms with E-state index in [1.165, 1.54) is 0 Å². The fraction of sp³-hybridized carbons (Fsp3) is 0.727. The van der Waals surface area contributed by atoms with Gasteiger partial charge in [-0.05, 0) is 19.8 Å². The summed E-state index contributed by atoms with van der Waals surface area (Å²) in [5.74, 6) is 2.22. The van der Waals surface area contributed by atoms with Gasteiger partial charge in [0.15, 0.2) is 0 Å². The number of ether oxygens (including phenoxy) is 1. The number of terminal acetylenes is 1. The van der Waals surface area contributed by atoms with E-state index in [1.54, 1.807) is 0 Å². The highest BCUT2D eigenvalue weighted by molar-refractivity contribution is 5.82. The molecular formula is C11H18N2O2. The van der Waals surface area contributed by atoms with Gasteiger partial charge in [-0.3, -0.25) is 4.79 Å². The average Bonchev–Trinajstić information content (AvgIpc) is 2.18. The summed E-state index contributed by atoms with van der Waals surface area (Å²) in [6.07, 6.45) is 7.02. The number of carbonyl (C=O) groups is 1. The molecular weight excluding hydrogens is 192 g/mol. The van der Waals surface area contributed by atoms with Crippen LogP contribution in [0.3, 0.4) is 0 Å². The van der Waals surface area contributed by atoms with Crippen LogP contribution in [0.4, 0.5) is 0 Å². The van der Waals surface area contributed by atoms with Gasteiger partial charge in [-0.2, -0.15) is 0 Å². The quantitative estimate of drug-likeness (QED) is 0.646. The highest BCUT2D eigenvalue weighted by atomic mass is 16.5. The molecule has 1 fully saturated rings. The summed E-state index contributed by atoms with van der Waals surface area (Å²) in [6.45, 7) is 3.37. The third kappa shape index (κ3) is 3.54. The second kappa shape index (κ2) is 5.15. The van der Waals surface area contributed by atoms with Crippen molar-refractivity contribution in [3.05, 3.63) is 0 Å². The molecule has 0 aromatic rings. The van der Waals surface area contributed by atoms with Crippen molar-refractivity contribution >= 4 is 5.91 Å². The first-order chi connectivity index (χ1) is 7.07. The van der Waals surface area contributed by atoms with Crippen LogP contribution < -0.4 is 11.1 Å². The fourth-order valence-corrected chi connectivity index (χ4v) is 1.56. The first-order valence-electron chi connectivity index (χ1n) is 5.16. The molecule has 15 heavy (non-hydrogen) atoms. The van der Waals surface area contributed by atoms with Crippen LogP contribution in [0.5, 0.6) is 0 Å². The van der Waals surface area contributed by atoms with E-state index in [0.717, 1.165) is 12.8 Å². The maximum absolute atomic E-state index is 11.6. The normalized spacial score (nSPS) is 21.4. The summed E-state index contributed by atoms with van der Waals surface area (Å²) in [4.78, 5) is 11.6. The van der Waals surface area contributed by atoms with Crippen LogP contribution in [0, 0.1) is 12.3 Å². The Kier molecular flexibility index (Phi) is 4.13. The molecule has 4 nitrogen and oxygen atoms in total. The topological polar surface area (TPSA) is 64.4 Å². The zero-order valence-corrected chi connectivity index (χ0v) is 9.08. The molecule has 0 aliphatic carbocycles. The average molecular weight is 210 g/mol. The molecule has 4 heteroatoms. The molecule has 1 aliphatic rings. The minimum atomic E-state index is -0.602. The van der Waals surface area contributed by atoms with E-state index in [1.807, 2.05) is 6.92 Å². The van der Waals surface area contributed by atoms with Gasteiger partial charge in [-0.15, -0.1) is 12.3 Å². The number of amides is 1. The van der Waals surface area contributed by atoms with Crippen LogP contribution in [0.2, 0.25) is 0 Å². The third-order valence-corrected chi connectivity index (χ3v) is 2.70. The minimum Gasteiger partial charge on any atom is -0.381 e. The Balaban J connectivity index is 2.45. The maximum Gasteiger partial charge on any atom is 0.238 e. The van der Waals surface area contributed by atoms with Gasteiger partial charge in [0, 0.05) is 25.2 Å². The maximum atomic E-state index is 11.6. The predicted octanol–water partition coefficient (Wildman–Crippen LogP) is 0.0223. The van der Waals surface area contributed by atoms with Crippen molar-refractivity contribution in [3.8, 4) is 12.3 Å². The monoisotopic (exact) mass is 210 g/mol. The predicted molar refractivity (Wildman–Crippen MR) is 58.0 cm³/mol. The lowest BCUT2D eigenvalue weighted by atomic mass is 9.92. The molecule has 0 aromatic carbocycles. The largest absolute Gasteiger partial charge is 0.381 e. The zero-order valence-electron chi connectivity index (χ0n) is 9.08. The summed E-state index contributed by atoms with van der Waals surface area (Å²) >= 11 is 0. The summed E-state index contributed by atoms with van der Waals surface area (Å²) in [6, 6.07) is -0.602. The number of nitrogens with two attached hydrogens (primary N) is 1. The first kappa shape index (κ1) is 12.0. The van der Waals surface area contributed by atoms with Crippen molar-refractivity contribution in [1.29, 1.82) is 0 Å². The lowest BCUT2D eigenvalue weighted by Crippen LogP contribution is -2.54. The van der Waals surface area contributed by atoms with Crippen LogP contribution in [-0.2, 0) is 9.53 Å². The molecule has 84 valence electrons. The minimum absolute atomic E-state index is 0.169. The molecule has 1 heterocycles. The van der Waals surface area contributed by atoms with E-state index >= 15 is 0 Å². The van der Waals surface area contributed by atoms with Gasteiger partial charge in [-0.1, -0.05) is 0 Å². The molecule has 0 bridgehead atoms. The third-order valence-electron chi connectivity index (χ3n) is 2.70. The Bertz CT molecular complexity index is 264. The van der Waals surface area contributed by atoms with Crippen LogP contribution in [-0.4, -0.2) is 30.7 Å². The zero-order chi connectivity index (χ0) is 11.3. The van der Waals surface area contributed by atoms with Crippen molar-refractivity contribution in [2.45, 2.75) is 37.8 Å². The molecule has 0 saturated carbocycles. The Morgan fingerprint density at radius 2 is 2.27 bits per heavy atom. The highest BCUT2D eigenvalue weighted by Gasteiger charge is 2.30. The van der Waals surface area contributed by atoms with Crippen LogP contribution >= 0.6 is 0 Å². The molecule has 1 unspecified atom stereocenters. The Morgan fingerprint density at radius 3 is 2.80 bits per heavy atom. The number of nitrogens with one attached hydrogen (secondary N) is 1. The lowest BCUT2D eigenvalue weighted by Gasteiger charge is -2.35. The summed E-state index contributed by atoms with van der Waals surface area (Å²) in [5, 5.41) is 2.94. The number of hydrogen-bond donors (Lipinski definition) is 2. The van der Waals surface area contributed by atoms with E-state index < -0.39 is 6.04 Å². The summed E-state index contributed by atoms with van der Waals surface area (Å²) in [5.41, 5.74) is 5.43. The van der Waals surface area contributed by atoms with Crippen LogP contribution in [0.15, 0.2) is 0 Å². The van der Waals surface area contributed by atoms with E-state index in [2.05, 4.69) is 11.2 Å². The number of carbonyl (C=O) groups excluding carboxylic acids is 1. The van der Waals surface area contributed by atoms with Crippen molar-refractivity contribution in [3.63, 3.8) is 0 Å². The summed E-state index contributed by atoms with van der Waals surface area (Å²) in [7, 11) is 0. The van der Waals surface area contributed by atoms with Crippen molar-refractivity contribution in [2.24, 2.45) is 5.73 Å². The molecule has 0 spiro atoms. The number of rotatable bonds is 3. The molecule has 1 aliphatic heterocycles. The van der Waals surface area contributed by atoms with E-state index in [0.29, 0.717) is 13.2 Å². The van der Waals surface area contributed by atoms with Crippen LogP contribution in [0.25, 0.3) is 0 Å². The van der Waals surface area contributed by atoms with E-state index in [4.69, 9.17) is 16.9 Å². The molecule has 1 rings (SSSR count). The van der Waals surface area contributed by atoms with E-state index in [9.17, 15) is 4.79 Å². The van der Waals surface area contributed by atoms with Crippen molar-refractivity contribution < 1.29 is 9.53 Å². The van der Waals surface area contributed by atoms with Crippen molar-refractivity contribution in [2.75, 3.05) is 13.2 Å². The highest BCUT2D eigenvalue weighted by Crippen LogP contribution is 2.19. The van der Waals surface area contributed by atoms with Gasteiger partial charge in [-0.25, -0.2) is 0 Å². The Morgan fingerprint density at radius 1 is 1.67 bits per heavy atom. The second-order valence-electron chi connectivity index (χ2n) is 4.18. The first-order valence-corrected chi connectivity index (χ1v) is 5.16. The molecule has 0 aromatic heterocycles. The van der Waals surface area contributed by atoms with Gasteiger partial charge >= 0.3 is 0 Å². The van der Waals surface area contributed by atoms with Gasteiger partial charge in [0.1, 0.15) is 0 Å². The molecule has 0 radical (unpaired) electrons. The van der Waals surface area contributed by atoms with Gasteiger partial charge < -0.3 is 15.8 Å². The lowest BCUT2D eigenvalue weighted by molar-refractivity contribution is -0.125. The fourth-order valence-electron chi connectivity index (χ4n) is 1.56. The standard InChI is InChI=1S/C11H18N2O2/c1-3-4-9(12)10(14)13-11(2)5-7-15-8-6-11/h1,9H,4-8,12H2,2H3,(H,13,14). The Labute approximate surface area is 90.5 Å².